The maximum absolute atomic E-state index is 12.1. The third-order valence-electron chi connectivity index (χ3n) is 5.00. The van der Waals surface area contributed by atoms with Crippen LogP contribution in [0.3, 0.4) is 0 Å². The third-order valence-corrected chi connectivity index (χ3v) is 5.00. The summed E-state index contributed by atoms with van der Waals surface area (Å²) in [5, 5.41) is 12.0. The normalized spacial score (nSPS) is 27.7. The fourth-order valence-corrected chi connectivity index (χ4v) is 3.50. The number of aliphatic carboxylic acids is 1. The molecular formula is C16H28N2O3. The van der Waals surface area contributed by atoms with Crippen LogP contribution in [0.5, 0.6) is 0 Å². The van der Waals surface area contributed by atoms with Gasteiger partial charge in [0.25, 0.3) is 0 Å². The van der Waals surface area contributed by atoms with E-state index in [1.165, 1.54) is 25.9 Å². The molecule has 2 fully saturated rings. The van der Waals surface area contributed by atoms with Gasteiger partial charge in [0.15, 0.2) is 0 Å². The highest BCUT2D eigenvalue weighted by Crippen LogP contribution is 2.31. The Kier molecular flexibility index (Phi) is 6.03. The van der Waals surface area contributed by atoms with Crippen molar-refractivity contribution in [2.75, 3.05) is 26.2 Å². The van der Waals surface area contributed by atoms with Crippen LogP contribution in [0.25, 0.3) is 0 Å². The smallest absolute Gasteiger partial charge is 0.307 e. The van der Waals surface area contributed by atoms with Gasteiger partial charge in [0.2, 0.25) is 5.91 Å². The van der Waals surface area contributed by atoms with Gasteiger partial charge in [-0.3, -0.25) is 9.59 Å². The van der Waals surface area contributed by atoms with Crippen LogP contribution in [-0.4, -0.2) is 48.1 Å². The average Bonchev–Trinajstić information content (AvgIpc) is 2.95. The number of carbonyl (C=O) groups excluding carboxylic acids is 1. The third kappa shape index (κ3) is 4.70. The van der Waals surface area contributed by atoms with Gasteiger partial charge in [-0.1, -0.05) is 13.3 Å². The van der Waals surface area contributed by atoms with E-state index in [2.05, 4.69) is 17.1 Å². The van der Waals surface area contributed by atoms with Gasteiger partial charge < -0.3 is 15.3 Å². The Labute approximate surface area is 127 Å². The number of carboxylic acids is 1. The van der Waals surface area contributed by atoms with Crippen LogP contribution in [0.2, 0.25) is 0 Å². The lowest BCUT2D eigenvalue weighted by molar-refractivity contribution is -0.146. The summed E-state index contributed by atoms with van der Waals surface area (Å²) in [4.78, 5) is 25.6. The van der Waals surface area contributed by atoms with Gasteiger partial charge in [0.05, 0.1) is 11.8 Å². The van der Waals surface area contributed by atoms with E-state index < -0.39 is 11.9 Å². The van der Waals surface area contributed by atoms with Crippen LogP contribution >= 0.6 is 0 Å². The fourth-order valence-electron chi connectivity index (χ4n) is 3.50. The zero-order valence-electron chi connectivity index (χ0n) is 13.0. The average molecular weight is 296 g/mol. The number of carboxylic acid groups (broad SMARTS) is 1. The van der Waals surface area contributed by atoms with E-state index in [-0.39, 0.29) is 11.8 Å². The number of hydrogen-bond donors (Lipinski definition) is 2. The maximum atomic E-state index is 12.1. The molecule has 1 heterocycles. The number of amides is 1. The van der Waals surface area contributed by atoms with E-state index in [1.54, 1.807) is 0 Å². The fraction of sp³-hybridized carbons (Fsp3) is 0.875. The highest BCUT2D eigenvalue weighted by Gasteiger charge is 2.37. The first kappa shape index (κ1) is 16.3. The van der Waals surface area contributed by atoms with E-state index in [1.807, 2.05) is 0 Å². The lowest BCUT2D eigenvalue weighted by Gasteiger charge is -2.30. The van der Waals surface area contributed by atoms with Crippen LogP contribution in [0.15, 0.2) is 0 Å². The highest BCUT2D eigenvalue weighted by molar-refractivity contribution is 5.85. The minimum Gasteiger partial charge on any atom is -0.481 e. The topological polar surface area (TPSA) is 69.6 Å². The molecule has 2 aliphatic rings. The van der Waals surface area contributed by atoms with Gasteiger partial charge in [-0.2, -0.15) is 0 Å². The molecule has 120 valence electrons. The molecule has 0 aromatic heterocycles. The van der Waals surface area contributed by atoms with Crippen molar-refractivity contribution >= 4 is 11.9 Å². The zero-order valence-corrected chi connectivity index (χ0v) is 13.0. The molecule has 0 bridgehead atoms. The highest BCUT2D eigenvalue weighted by atomic mass is 16.4. The summed E-state index contributed by atoms with van der Waals surface area (Å²) in [5.74, 6) is -0.842. The Morgan fingerprint density at radius 2 is 1.81 bits per heavy atom. The van der Waals surface area contributed by atoms with Crippen LogP contribution in [0.4, 0.5) is 0 Å². The predicted octanol–water partition coefficient (Wildman–Crippen LogP) is 1.73. The van der Waals surface area contributed by atoms with Crippen molar-refractivity contribution < 1.29 is 14.7 Å². The van der Waals surface area contributed by atoms with Gasteiger partial charge >= 0.3 is 5.97 Å². The summed E-state index contributed by atoms with van der Waals surface area (Å²) in [6.45, 7) is 6.32. The lowest BCUT2D eigenvalue weighted by atomic mass is 9.95. The van der Waals surface area contributed by atoms with Crippen molar-refractivity contribution in [3.63, 3.8) is 0 Å². The molecule has 0 radical (unpaired) electrons. The van der Waals surface area contributed by atoms with Gasteiger partial charge in [0.1, 0.15) is 0 Å². The van der Waals surface area contributed by atoms with Gasteiger partial charge in [-0.15, -0.1) is 0 Å². The number of nitrogens with one attached hydrogen (secondary N) is 1. The summed E-state index contributed by atoms with van der Waals surface area (Å²) in [5.41, 5.74) is 0. The van der Waals surface area contributed by atoms with Crippen molar-refractivity contribution in [1.82, 2.24) is 10.2 Å². The minimum atomic E-state index is -0.824. The van der Waals surface area contributed by atoms with Crippen LogP contribution < -0.4 is 5.32 Å². The Bertz CT molecular complexity index is 365. The van der Waals surface area contributed by atoms with Crippen LogP contribution in [0, 0.1) is 17.8 Å². The van der Waals surface area contributed by atoms with Crippen LogP contribution in [0.1, 0.15) is 45.4 Å². The molecule has 0 aromatic carbocycles. The molecule has 2 rings (SSSR count). The van der Waals surface area contributed by atoms with E-state index >= 15 is 0 Å². The quantitative estimate of drug-likeness (QED) is 0.732. The first-order chi connectivity index (χ1) is 10.1. The van der Waals surface area contributed by atoms with Crippen molar-refractivity contribution in [3.05, 3.63) is 0 Å². The van der Waals surface area contributed by atoms with Crippen molar-refractivity contribution in [2.45, 2.75) is 45.4 Å². The molecular weight excluding hydrogens is 268 g/mol. The number of piperidine rings is 1. The number of rotatable bonds is 6. The van der Waals surface area contributed by atoms with E-state index in [9.17, 15) is 9.59 Å². The molecule has 0 aromatic rings. The summed E-state index contributed by atoms with van der Waals surface area (Å²) in [7, 11) is 0. The number of nitrogens with zero attached hydrogens (tertiary/aromatic N) is 1. The number of carbonyl (C=O) groups is 2. The molecule has 1 aliphatic carbocycles. The second-order valence-electron chi connectivity index (χ2n) is 6.65. The lowest BCUT2D eigenvalue weighted by Crippen LogP contribution is -2.38. The molecule has 1 saturated carbocycles. The van der Waals surface area contributed by atoms with Crippen LogP contribution in [-0.2, 0) is 9.59 Å². The summed E-state index contributed by atoms with van der Waals surface area (Å²) in [6.07, 6.45) is 5.70. The zero-order chi connectivity index (χ0) is 15.2. The van der Waals surface area contributed by atoms with Gasteiger partial charge in [-0.05, 0) is 57.7 Å². The Hall–Kier alpha value is -1.10. The summed E-state index contributed by atoms with van der Waals surface area (Å²) in [6, 6.07) is 0. The number of hydrogen-bond acceptors (Lipinski definition) is 3. The molecule has 0 spiro atoms. The second-order valence-corrected chi connectivity index (χ2v) is 6.65. The monoisotopic (exact) mass is 296 g/mol. The summed E-state index contributed by atoms with van der Waals surface area (Å²) < 4.78 is 0. The Morgan fingerprint density at radius 1 is 1.14 bits per heavy atom. The van der Waals surface area contributed by atoms with Crippen molar-refractivity contribution in [1.29, 1.82) is 0 Å². The molecule has 1 amide bonds. The molecule has 2 N–H and O–H groups in total. The first-order valence-corrected chi connectivity index (χ1v) is 8.31. The molecule has 2 atom stereocenters. The number of likely N-dealkylation sites (tertiary alicyclic amines) is 1. The van der Waals surface area contributed by atoms with E-state index in [0.717, 1.165) is 25.3 Å². The predicted molar refractivity (Wildman–Crippen MR) is 80.9 cm³/mol. The maximum Gasteiger partial charge on any atom is 0.307 e. The van der Waals surface area contributed by atoms with E-state index in [0.29, 0.717) is 19.4 Å². The molecule has 0 unspecified atom stereocenters. The largest absolute Gasteiger partial charge is 0.481 e. The standard InChI is InChI=1S/C16H28N2O3/c1-12-6-10-18(11-7-12)9-3-8-17-15(19)13-4-2-5-14(13)16(20)21/h12-14H,2-11H2,1H3,(H,17,19)(H,20,21)/t13-,14+/m1/s1. The minimum absolute atomic E-state index is 0.0628. The summed E-state index contributed by atoms with van der Waals surface area (Å²) >= 11 is 0. The second kappa shape index (κ2) is 7.78. The van der Waals surface area contributed by atoms with Gasteiger partial charge in [-0.25, -0.2) is 0 Å². The molecule has 21 heavy (non-hydrogen) atoms. The van der Waals surface area contributed by atoms with Gasteiger partial charge in [0, 0.05) is 6.54 Å². The molecule has 1 saturated heterocycles. The van der Waals surface area contributed by atoms with E-state index in [4.69, 9.17) is 5.11 Å². The first-order valence-electron chi connectivity index (χ1n) is 8.31. The molecule has 5 nitrogen and oxygen atoms in total. The Morgan fingerprint density at radius 3 is 2.48 bits per heavy atom. The van der Waals surface area contributed by atoms with Crippen molar-refractivity contribution in [2.24, 2.45) is 17.8 Å². The van der Waals surface area contributed by atoms with Crippen molar-refractivity contribution in [3.8, 4) is 0 Å². The molecule has 1 aliphatic heterocycles. The Balaban J connectivity index is 1.62. The SMILES string of the molecule is CC1CCN(CCCNC(=O)[C@@H]2CCC[C@@H]2C(=O)O)CC1. The molecule has 5 heteroatoms.